The van der Waals surface area contributed by atoms with Gasteiger partial charge in [0.2, 0.25) is 0 Å². The Morgan fingerprint density at radius 3 is 2.53 bits per heavy atom. The summed E-state index contributed by atoms with van der Waals surface area (Å²) in [5, 5.41) is 13.8. The molecule has 1 aromatic carbocycles. The van der Waals surface area contributed by atoms with Gasteiger partial charge < -0.3 is 10.4 Å². The third kappa shape index (κ3) is 4.60. The minimum absolute atomic E-state index is 0.0528. The molecule has 19 heavy (non-hydrogen) atoms. The van der Waals surface area contributed by atoms with Gasteiger partial charge in [-0.15, -0.1) is 0 Å². The first-order valence-corrected chi connectivity index (χ1v) is 7.10. The van der Waals surface area contributed by atoms with Crippen LogP contribution in [0.2, 0.25) is 0 Å². The van der Waals surface area contributed by atoms with Crippen LogP contribution < -0.4 is 5.32 Å². The predicted octanol–water partition coefficient (Wildman–Crippen LogP) is 1.66. The van der Waals surface area contributed by atoms with Gasteiger partial charge in [-0.3, -0.25) is 4.90 Å². The summed E-state index contributed by atoms with van der Waals surface area (Å²) < 4.78 is 0. The lowest BCUT2D eigenvalue weighted by Crippen LogP contribution is -2.47. The summed E-state index contributed by atoms with van der Waals surface area (Å²) in [5.41, 5.74) is 0.763. The molecule has 0 aromatic heterocycles. The van der Waals surface area contributed by atoms with E-state index >= 15 is 0 Å². The highest BCUT2D eigenvalue weighted by Crippen LogP contribution is 2.17. The van der Waals surface area contributed by atoms with Crippen molar-refractivity contribution in [1.29, 1.82) is 0 Å². The second kappa shape index (κ2) is 5.61. The van der Waals surface area contributed by atoms with E-state index in [0.29, 0.717) is 6.54 Å². The molecule has 3 nitrogen and oxygen atoms in total. The summed E-state index contributed by atoms with van der Waals surface area (Å²) in [6.45, 7) is 9.66. The molecule has 3 heteroatoms. The van der Waals surface area contributed by atoms with E-state index in [2.05, 4.69) is 48.3 Å². The normalized spacial score (nSPS) is 28.0. The average molecular weight is 262 g/mol. The molecule has 1 aromatic rings. The molecule has 106 valence electrons. The molecule has 1 aliphatic heterocycles. The van der Waals surface area contributed by atoms with Crippen molar-refractivity contribution in [3.05, 3.63) is 35.9 Å². The van der Waals surface area contributed by atoms with Gasteiger partial charge in [-0.2, -0.15) is 0 Å². The molecule has 1 saturated heterocycles. The fourth-order valence-electron chi connectivity index (χ4n) is 2.73. The van der Waals surface area contributed by atoms with Crippen LogP contribution in [0.3, 0.4) is 0 Å². The van der Waals surface area contributed by atoms with Gasteiger partial charge in [-0.25, -0.2) is 0 Å². The molecular weight excluding hydrogens is 236 g/mol. The van der Waals surface area contributed by atoms with Gasteiger partial charge in [0, 0.05) is 31.7 Å². The lowest BCUT2D eigenvalue weighted by atomic mass is 10.1. The number of aliphatic hydroxyl groups is 1. The van der Waals surface area contributed by atoms with Crippen molar-refractivity contribution in [3.63, 3.8) is 0 Å². The van der Waals surface area contributed by atoms with Crippen molar-refractivity contribution in [3.8, 4) is 0 Å². The average Bonchev–Trinajstić information content (AvgIpc) is 2.44. The van der Waals surface area contributed by atoms with Crippen LogP contribution >= 0.6 is 0 Å². The lowest BCUT2D eigenvalue weighted by molar-refractivity contribution is 0.0345. The highest BCUT2D eigenvalue weighted by molar-refractivity contribution is 5.15. The quantitative estimate of drug-likeness (QED) is 0.870. The van der Waals surface area contributed by atoms with Gasteiger partial charge in [0.25, 0.3) is 0 Å². The minimum atomic E-state index is -0.648. The first kappa shape index (κ1) is 14.5. The van der Waals surface area contributed by atoms with Crippen LogP contribution in [0, 0.1) is 0 Å². The van der Waals surface area contributed by atoms with Crippen LogP contribution in [-0.2, 0) is 6.42 Å². The van der Waals surface area contributed by atoms with Gasteiger partial charge in [0.05, 0.1) is 5.60 Å². The molecule has 0 saturated carbocycles. The van der Waals surface area contributed by atoms with Gasteiger partial charge in [0.1, 0.15) is 0 Å². The summed E-state index contributed by atoms with van der Waals surface area (Å²) >= 11 is 0. The Kier molecular flexibility index (Phi) is 4.29. The minimum Gasteiger partial charge on any atom is -0.388 e. The van der Waals surface area contributed by atoms with Gasteiger partial charge in [0.15, 0.2) is 0 Å². The van der Waals surface area contributed by atoms with Crippen LogP contribution in [0.5, 0.6) is 0 Å². The maximum absolute atomic E-state index is 10.4. The van der Waals surface area contributed by atoms with E-state index in [4.69, 9.17) is 0 Å². The van der Waals surface area contributed by atoms with Crippen LogP contribution in [-0.4, -0.2) is 47.3 Å². The van der Waals surface area contributed by atoms with E-state index in [1.807, 2.05) is 13.0 Å². The molecule has 1 heterocycles. The van der Waals surface area contributed by atoms with Crippen LogP contribution in [0.15, 0.2) is 30.3 Å². The monoisotopic (exact) mass is 262 g/mol. The zero-order valence-electron chi connectivity index (χ0n) is 12.3. The summed E-state index contributed by atoms with van der Waals surface area (Å²) in [6, 6.07) is 10.5. The Hall–Kier alpha value is -0.900. The molecule has 2 N–H and O–H groups in total. The van der Waals surface area contributed by atoms with E-state index in [1.54, 1.807) is 0 Å². The molecule has 1 atom stereocenters. The van der Waals surface area contributed by atoms with Crippen molar-refractivity contribution in [2.75, 3.05) is 26.2 Å². The standard InChI is InChI=1S/C16H26N2O/c1-15(2)12-18(13-16(3,19)11-17-15)10-9-14-7-5-4-6-8-14/h4-8,17,19H,9-13H2,1-3H3. The summed E-state index contributed by atoms with van der Waals surface area (Å²) in [7, 11) is 0. The van der Waals surface area contributed by atoms with Crippen molar-refractivity contribution >= 4 is 0 Å². The van der Waals surface area contributed by atoms with E-state index < -0.39 is 5.60 Å². The molecule has 2 rings (SSSR count). The van der Waals surface area contributed by atoms with E-state index in [9.17, 15) is 5.11 Å². The van der Waals surface area contributed by atoms with E-state index in [0.717, 1.165) is 26.1 Å². The van der Waals surface area contributed by atoms with Gasteiger partial charge >= 0.3 is 0 Å². The first-order chi connectivity index (χ1) is 8.86. The summed E-state index contributed by atoms with van der Waals surface area (Å²) in [6.07, 6.45) is 1.03. The number of nitrogens with zero attached hydrogens (tertiary/aromatic N) is 1. The van der Waals surface area contributed by atoms with Crippen molar-refractivity contribution in [2.24, 2.45) is 0 Å². The molecule has 1 aliphatic rings. The maximum Gasteiger partial charge on any atom is 0.0869 e. The largest absolute Gasteiger partial charge is 0.388 e. The zero-order valence-corrected chi connectivity index (χ0v) is 12.3. The third-order valence-electron chi connectivity index (χ3n) is 3.69. The molecule has 0 spiro atoms. The Labute approximate surface area is 116 Å². The van der Waals surface area contributed by atoms with Crippen LogP contribution in [0.25, 0.3) is 0 Å². The first-order valence-electron chi connectivity index (χ1n) is 7.10. The van der Waals surface area contributed by atoms with E-state index in [1.165, 1.54) is 5.56 Å². The van der Waals surface area contributed by atoms with Gasteiger partial charge in [-0.1, -0.05) is 30.3 Å². The summed E-state index contributed by atoms with van der Waals surface area (Å²) in [5.74, 6) is 0. The molecule has 0 aliphatic carbocycles. The predicted molar refractivity (Wildman–Crippen MR) is 79.3 cm³/mol. The Balaban J connectivity index is 1.97. The Morgan fingerprint density at radius 1 is 1.16 bits per heavy atom. The fraction of sp³-hybridized carbons (Fsp3) is 0.625. The number of hydrogen-bond acceptors (Lipinski definition) is 3. The van der Waals surface area contributed by atoms with Gasteiger partial charge in [-0.05, 0) is 32.8 Å². The molecule has 0 radical (unpaired) electrons. The van der Waals surface area contributed by atoms with Crippen molar-refractivity contribution in [1.82, 2.24) is 10.2 Å². The Morgan fingerprint density at radius 2 is 1.84 bits per heavy atom. The van der Waals surface area contributed by atoms with Crippen molar-refractivity contribution < 1.29 is 5.11 Å². The molecule has 0 amide bonds. The smallest absolute Gasteiger partial charge is 0.0869 e. The maximum atomic E-state index is 10.4. The SMILES string of the molecule is CC1(O)CNC(C)(C)CN(CCc2ccccc2)C1. The number of benzene rings is 1. The highest BCUT2D eigenvalue weighted by Gasteiger charge is 2.33. The lowest BCUT2D eigenvalue weighted by Gasteiger charge is -2.30. The molecule has 1 unspecified atom stereocenters. The van der Waals surface area contributed by atoms with Crippen molar-refractivity contribution in [2.45, 2.75) is 38.3 Å². The fourth-order valence-corrected chi connectivity index (χ4v) is 2.73. The number of nitrogens with one attached hydrogen (secondary N) is 1. The number of hydrogen-bond donors (Lipinski definition) is 2. The highest BCUT2D eigenvalue weighted by atomic mass is 16.3. The van der Waals surface area contributed by atoms with Crippen LogP contribution in [0.4, 0.5) is 0 Å². The summed E-state index contributed by atoms with van der Waals surface area (Å²) in [4.78, 5) is 2.37. The molecule has 1 fully saturated rings. The third-order valence-corrected chi connectivity index (χ3v) is 3.69. The van der Waals surface area contributed by atoms with Crippen LogP contribution in [0.1, 0.15) is 26.3 Å². The second-order valence-corrected chi connectivity index (χ2v) is 6.68. The molecule has 0 bridgehead atoms. The second-order valence-electron chi connectivity index (χ2n) is 6.68. The molecular formula is C16H26N2O. The number of β-amino-alcohol motifs (C(OH)–C–C–N with tert-alkyl or cyclic N) is 1. The zero-order chi connectivity index (χ0) is 13.9. The van der Waals surface area contributed by atoms with E-state index in [-0.39, 0.29) is 5.54 Å². The topological polar surface area (TPSA) is 35.5 Å². The number of rotatable bonds is 3. The Bertz CT molecular complexity index is 382.